The van der Waals surface area contributed by atoms with Gasteiger partial charge < -0.3 is 14.8 Å². The van der Waals surface area contributed by atoms with Crippen LogP contribution in [0.4, 0.5) is 0 Å². The van der Waals surface area contributed by atoms with Gasteiger partial charge in [-0.25, -0.2) is 0 Å². The van der Waals surface area contributed by atoms with Gasteiger partial charge in [0, 0.05) is 22.0 Å². The van der Waals surface area contributed by atoms with Crippen LogP contribution in [0, 0.1) is 5.41 Å². The monoisotopic (exact) mass is 295 g/mol. The van der Waals surface area contributed by atoms with Crippen LogP contribution in [0.25, 0.3) is 0 Å². The van der Waals surface area contributed by atoms with E-state index >= 15 is 0 Å². The van der Waals surface area contributed by atoms with Crippen LogP contribution in [-0.4, -0.2) is 19.8 Å². The van der Waals surface area contributed by atoms with E-state index in [1.165, 1.54) is 6.42 Å². The predicted molar refractivity (Wildman–Crippen MR) is 80.8 cm³/mol. The molecule has 0 amide bonds. The maximum atomic E-state index is 6.48. The second kappa shape index (κ2) is 4.81. The first-order valence-electron chi connectivity index (χ1n) is 7.24. The lowest BCUT2D eigenvalue weighted by atomic mass is 9.90. The third-order valence-corrected chi connectivity index (χ3v) is 4.55. The minimum Gasteiger partial charge on any atom is -0.489 e. The molecule has 1 saturated heterocycles. The first kappa shape index (κ1) is 14.0. The highest BCUT2D eigenvalue weighted by Gasteiger charge is 2.34. The lowest BCUT2D eigenvalue weighted by Gasteiger charge is -2.27. The molecular weight excluding hydrogens is 274 g/mol. The maximum absolute atomic E-state index is 6.48. The Labute approximate surface area is 125 Å². The summed E-state index contributed by atoms with van der Waals surface area (Å²) in [5, 5.41) is 4.30. The first-order valence-corrected chi connectivity index (χ1v) is 7.62. The molecule has 4 heteroatoms. The molecule has 1 atom stereocenters. The standard InChI is InChI=1S/C16H22ClNO2/c1-15(2)9-19-13-7-11(16(3)5-4-6-18-16)12(17)8-14(13)20-10-15/h7-8,18H,4-6,9-10H2,1-3H3. The molecule has 20 heavy (non-hydrogen) atoms. The molecule has 2 aliphatic rings. The van der Waals surface area contributed by atoms with Gasteiger partial charge in [0.15, 0.2) is 11.5 Å². The summed E-state index contributed by atoms with van der Waals surface area (Å²) < 4.78 is 11.8. The number of ether oxygens (including phenoxy) is 2. The van der Waals surface area contributed by atoms with E-state index in [9.17, 15) is 0 Å². The predicted octanol–water partition coefficient (Wildman–Crippen LogP) is 3.74. The second-order valence-corrected chi connectivity index (χ2v) is 7.29. The zero-order chi connectivity index (χ0) is 14.4. The highest BCUT2D eigenvalue weighted by Crippen LogP contribution is 2.43. The lowest BCUT2D eigenvalue weighted by Crippen LogP contribution is -2.33. The average Bonchev–Trinajstić information content (AvgIpc) is 2.76. The van der Waals surface area contributed by atoms with Gasteiger partial charge >= 0.3 is 0 Å². The molecule has 0 radical (unpaired) electrons. The van der Waals surface area contributed by atoms with Gasteiger partial charge in [0.25, 0.3) is 0 Å². The molecule has 2 aliphatic heterocycles. The number of nitrogens with one attached hydrogen (secondary N) is 1. The maximum Gasteiger partial charge on any atom is 0.162 e. The van der Waals surface area contributed by atoms with Gasteiger partial charge in [-0.3, -0.25) is 0 Å². The molecule has 2 heterocycles. The summed E-state index contributed by atoms with van der Waals surface area (Å²) in [5.41, 5.74) is 1.07. The van der Waals surface area contributed by atoms with Gasteiger partial charge in [-0.1, -0.05) is 25.4 Å². The van der Waals surface area contributed by atoms with Gasteiger partial charge in [0.05, 0.1) is 13.2 Å². The van der Waals surface area contributed by atoms with Crippen molar-refractivity contribution in [3.63, 3.8) is 0 Å². The molecule has 0 saturated carbocycles. The second-order valence-electron chi connectivity index (χ2n) is 6.88. The minimum atomic E-state index is -0.0582. The minimum absolute atomic E-state index is 0.0150. The Balaban J connectivity index is 1.98. The molecule has 1 unspecified atom stereocenters. The van der Waals surface area contributed by atoms with Gasteiger partial charge in [-0.2, -0.15) is 0 Å². The van der Waals surface area contributed by atoms with Crippen LogP contribution in [0.15, 0.2) is 12.1 Å². The highest BCUT2D eigenvalue weighted by molar-refractivity contribution is 6.31. The quantitative estimate of drug-likeness (QED) is 0.856. The fourth-order valence-electron chi connectivity index (χ4n) is 2.90. The zero-order valence-corrected chi connectivity index (χ0v) is 13.1. The van der Waals surface area contributed by atoms with E-state index in [1.54, 1.807) is 0 Å². The Kier molecular flexibility index (Phi) is 3.38. The summed E-state index contributed by atoms with van der Waals surface area (Å²) in [7, 11) is 0. The van der Waals surface area contributed by atoms with Gasteiger partial charge in [-0.05, 0) is 37.9 Å². The van der Waals surface area contributed by atoms with Crippen LogP contribution >= 0.6 is 11.6 Å². The van der Waals surface area contributed by atoms with Crippen molar-refractivity contribution in [3.8, 4) is 11.5 Å². The van der Waals surface area contributed by atoms with Crippen LogP contribution in [0.2, 0.25) is 5.02 Å². The van der Waals surface area contributed by atoms with E-state index in [4.69, 9.17) is 21.1 Å². The van der Waals surface area contributed by atoms with Crippen molar-refractivity contribution >= 4 is 11.6 Å². The Morgan fingerprint density at radius 1 is 1.10 bits per heavy atom. The number of benzene rings is 1. The van der Waals surface area contributed by atoms with Gasteiger partial charge in [0.2, 0.25) is 0 Å². The third kappa shape index (κ3) is 2.49. The van der Waals surface area contributed by atoms with Crippen molar-refractivity contribution in [1.29, 1.82) is 0 Å². The summed E-state index contributed by atoms with van der Waals surface area (Å²) in [6, 6.07) is 3.95. The lowest BCUT2D eigenvalue weighted by molar-refractivity contribution is 0.140. The van der Waals surface area contributed by atoms with Crippen LogP contribution < -0.4 is 14.8 Å². The summed E-state index contributed by atoms with van der Waals surface area (Å²) in [6.45, 7) is 8.82. The largest absolute Gasteiger partial charge is 0.489 e. The SMILES string of the molecule is CC1(C)COc2cc(Cl)c(C3(C)CCCN3)cc2OC1. The highest BCUT2D eigenvalue weighted by atomic mass is 35.5. The van der Waals surface area contributed by atoms with Gasteiger partial charge in [-0.15, -0.1) is 0 Å². The normalized spacial score (nSPS) is 28.2. The molecule has 1 N–H and O–H groups in total. The van der Waals surface area contributed by atoms with Crippen LogP contribution in [0.5, 0.6) is 11.5 Å². The third-order valence-electron chi connectivity index (χ3n) is 4.23. The fourth-order valence-corrected chi connectivity index (χ4v) is 3.26. The Bertz CT molecular complexity index is 521. The van der Waals surface area contributed by atoms with E-state index in [0.717, 1.165) is 35.1 Å². The van der Waals surface area contributed by atoms with E-state index < -0.39 is 0 Å². The molecular formula is C16H22ClNO2. The zero-order valence-electron chi connectivity index (χ0n) is 12.4. The molecule has 1 aromatic rings. The molecule has 1 aromatic carbocycles. The molecule has 0 bridgehead atoms. The number of rotatable bonds is 1. The number of halogens is 1. The number of fused-ring (bicyclic) bond motifs is 1. The molecule has 0 aromatic heterocycles. The average molecular weight is 296 g/mol. The summed E-state index contributed by atoms with van der Waals surface area (Å²) in [4.78, 5) is 0. The fraction of sp³-hybridized carbons (Fsp3) is 0.625. The van der Waals surface area contributed by atoms with Crippen molar-refractivity contribution in [1.82, 2.24) is 5.32 Å². The Morgan fingerprint density at radius 2 is 1.75 bits per heavy atom. The smallest absolute Gasteiger partial charge is 0.162 e. The van der Waals surface area contributed by atoms with Gasteiger partial charge in [0.1, 0.15) is 0 Å². The topological polar surface area (TPSA) is 30.5 Å². The van der Waals surface area contributed by atoms with Crippen molar-refractivity contribution in [2.75, 3.05) is 19.8 Å². The molecule has 0 aliphatic carbocycles. The molecule has 3 rings (SSSR count). The summed E-state index contributed by atoms with van der Waals surface area (Å²) in [5.74, 6) is 1.57. The van der Waals surface area contributed by atoms with E-state index in [-0.39, 0.29) is 11.0 Å². The molecule has 110 valence electrons. The molecule has 0 spiro atoms. The van der Waals surface area contributed by atoms with E-state index in [1.807, 2.05) is 6.07 Å². The molecule has 1 fully saturated rings. The van der Waals surface area contributed by atoms with Crippen molar-refractivity contribution in [2.45, 2.75) is 39.2 Å². The Hall–Kier alpha value is -0.930. The first-order chi connectivity index (χ1) is 9.40. The summed E-state index contributed by atoms with van der Waals surface area (Å²) >= 11 is 6.48. The van der Waals surface area contributed by atoms with Crippen LogP contribution in [-0.2, 0) is 5.54 Å². The van der Waals surface area contributed by atoms with Crippen molar-refractivity contribution < 1.29 is 9.47 Å². The number of hydrogen-bond acceptors (Lipinski definition) is 3. The molecule has 3 nitrogen and oxygen atoms in total. The van der Waals surface area contributed by atoms with E-state index in [0.29, 0.717) is 13.2 Å². The van der Waals surface area contributed by atoms with E-state index in [2.05, 4.69) is 32.2 Å². The van der Waals surface area contributed by atoms with Crippen LogP contribution in [0.1, 0.15) is 39.2 Å². The Morgan fingerprint density at radius 3 is 2.35 bits per heavy atom. The van der Waals surface area contributed by atoms with Crippen molar-refractivity contribution in [3.05, 3.63) is 22.7 Å². The summed E-state index contributed by atoms with van der Waals surface area (Å²) in [6.07, 6.45) is 2.27. The van der Waals surface area contributed by atoms with Crippen LogP contribution in [0.3, 0.4) is 0 Å². The number of hydrogen-bond donors (Lipinski definition) is 1. The van der Waals surface area contributed by atoms with Crippen molar-refractivity contribution in [2.24, 2.45) is 5.41 Å².